The number of halogens is 2. The normalized spacial score (nSPS) is 12.0. The average molecular weight is 417 g/mol. The Bertz CT molecular complexity index is 1120. The molecule has 3 aromatic rings. The number of fused-ring (bicyclic) bond motifs is 1. The number of anilines is 1. The van der Waals surface area contributed by atoms with Crippen LogP contribution in [0.2, 0.25) is 10.0 Å². The molecule has 0 radical (unpaired) electrons. The quantitative estimate of drug-likeness (QED) is 0.666. The topological polar surface area (TPSA) is 68.2 Å². The SMILES string of the molecule is CC(C)n1c(=O)sc2cc(NS(=O)(=O)c3cc(Cl)ccc3Cl)ccc21. The lowest BCUT2D eigenvalue weighted by atomic mass is 10.3. The lowest BCUT2D eigenvalue weighted by Crippen LogP contribution is -2.15. The predicted octanol–water partition coefficient (Wildman–Crippen LogP) is 4.75. The Morgan fingerprint density at radius 2 is 1.84 bits per heavy atom. The van der Waals surface area contributed by atoms with Gasteiger partial charge in [-0.25, -0.2) is 8.42 Å². The summed E-state index contributed by atoms with van der Waals surface area (Å²) < 4.78 is 30.0. The molecule has 0 saturated carbocycles. The second-order valence-electron chi connectivity index (χ2n) is 5.69. The maximum absolute atomic E-state index is 12.6. The van der Waals surface area contributed by atoms with Crippen LogP contribution in [0.5, 0.6) is 0 Å². The number of aromatic nitrogens is 1. The number of nitrogens with one attached hydrogen (secondary N) is 1. The van der Waals surface area contributed by atoms with Crippen molar-refractivity contribution < 1.29 is 8.42 Å². The monoisotopic (exact) mass is 416 g/mol. The summed E-state index contributed by atoms with van der Waals surface area (Å²) in [4.78, 5) is 11.9. The van der Waals surface area contributed by atoms with Gasteiger partial charge in [0, 0.05) is 11.1 Å². The van der Waals surface area contributed by atoms with E-state index in [1.807, 2.05) is 13.8 Å². The summed E-state index contributed by atoms with van der Waals surface area (Å²) in [6, 6.07) is 9.23. The molecule has 1 heterocycles. The lowest BCUT2D eigenvalue weighted by Gasteiger charge is -2.11. The van der Waals surface area contributed by atoms with E-state index in [2.05, 4.69) is 4.72 Å². The van der Waals surface area contributed by atoms with E-state index in [0.29, 0.717) is 10.4 Å². The van der Waals surface area contributed by atoms with E-state index in [0.717, 1.165) is 16.9 Å². The molecule has 0 fully saturated rings. The molecular formula is C16H14Cl2N2O3S2. The minimum absolute atomic E-state index is 0.0223. The van der Waals surface area contributed by atoms with Crippen molar-refractivity contribution in [3.8, 4) is 0 Å². The third-order valence-corrected chi connectivity index (χ3v) is 6.58. The minimum atomic E-state index is -3.90. The minimum Gasteiger partial charge on any atom is -0.296 e. The predicted molar refractivity (Wildman–Crippen MR) is 104 cm³/mol. The van der Waals surface area contributed by atoms with E-state index in [9.17, 15) is 13.2 Å². The number of hydrogen-bond donors (Lipinski definition) is 1. The van der Waals surface area contributed by atoms with Crippen molar-refractivity contribution >= 4 is 60.5 Å². The van der Waals surface area contributed by atoms with E-state index in [4.69, 9.17) is 23.2 Å². The average Bonchev–Trinajstić information content (AvgIpc) is 2.84. The Morgan fingerprint density at radius 3 is 2.52 bits per heavy atom. The molecule has 0 saturated heterocycles. The summed E-state index contributed by atoms with van der Waals surface area (Å²) in [6.07, 6.45) is 0. The molecule has 0 aliphatic heterocycles. The first-order valence-electron chi connectivity index (χ1n) is 7.32. The van der Waals surface area contributed by atoms with Crippen LogP contribution in [0.4, 0.5) is 5.69 Å². The standard InChI is InChI=1S/C16H14Cl2N2O3S2/c1-9(2)20-13-6-4-11(8-14(13)24-16(20)21)19-25(22,23)15-7-10(17)3-5-12(15)18/h3-9,19H,1-2H3. The van der Waals surface area contributed by atoms with Gasteiger partial charge in [-0.05, 0) is 50.2 Å². The molecule has 25 heavy (non-hydrogen) atoms. The summed E-state index contributed by atoms with van der Waals surface area (Å²) in [5, 5.41) is 0.348. The molecule has 2 aromatic carbocycles. The van der Waals surface area contributed by atoms with Crippen molar-refractivity contribution in [2.75, 3.05) is 4.72 Å². The second kappa shape index (κ2) is 6.64. The molecule has 0 unspecified atom stereocenters. The Balaban J connectivity index is 2.03. The molecule has 0 atom stereocenters. The highest BCUT2D eigenvalue weighted by Gasteiger charge is 2.19. The number of sulfonamides is 1. The van der Waals surface area contributed by atoms with Crippen LogP contribution in [-0.2, 0) is 10.0 Å². The molecule has 0 aliphatic rings. The molecule has 132 valence electrons. The smallest absolute Gasteiger partial charge is 0.296 e. The zero-order chi connectivity index (χ0) is 18.4. The number of thiazole rings is 1. The van der Waals surface area contributed by atoms with E-state index >= 15 is 0 Å². The number of nitrogens with zero attached hydrogens (tertiary/aromatic N) is 1. The van der Waals surface area contributed by atoms with Gasteiger partial charge in [-0.1, -0.05) is 34.5 Å². The van der Waals surface area contributed by atoms with Crippen molar-refractivity contribution in [2.45, 2.75) is 24.8 Å². The van der Waals surface area contributed by atoms with Gasteiger partial charge < -0.3 is 0 Å². The van der Waals surface area contributed by atoms with Gasteiger partial charge in [0.15, 0.2) is 0 Å². The highest BCUT2D eigenvalue weighted by atomic mass is 35.5. The van der Waals surface area contributed by atoms with Crippen LogP contribution in [-0.4, -0.2) is 13.0 Å². The highest BCUT2D eigenvalue weighted by molar-refractivity contribution is 7.92. The van der Waals surface area contributed by atoms with E-state index in [1.54, 1.807) is 22.8 Å². The molecule has 1 aromatic heterocycles. The molecule has 3 rings (SSSR count). The molecule has 5 nitrogen and oxygen atoms in total. The Hall–Kier alpha value is -1.54. The highest BCUT2D eigenvalue weighted by Crippen LogP contribution is 2.29. The molecule has 1 N–H and O–H groups in total. The van der Waals surface area contributed by atoms with Gasteiger partial charge in [0.05, 0.1) is 20.9 Å². The lowest BCUT2D eigenvalue weighted by molar-refractivity contribution is 0.601. The van der Waals surface area contributed by atoms with Crippen LogP contribution >= 0.6 is 34.5 Å². The molecule has 0 spiro atoms. The van der Waals surface area contributed by atoms with Crippen molar-refractivity contribution in [3.63, 3.8) is 0 Å². The Morgan fingerprint density at radius 1 is 1.12 bits per heavy atom. The van der Waals surface area contributed by atoms with Gasteiger partial charge in [0.1, 0.15) is 4.90 Å². The van der Waals surface area contributed by atoms with Gasteiger partial charge in [-0.15, -0.1) is 0 Å². The van der Waals surface area contributed by atoms with Gasteiger partial charge in [0.2, 0.25) is 0 Å². The Labute approximate surface area is 158 Å². The third-order valence-electron chi connectivity index (χ3n) is 3.56. The van der Waals surface area contributed by atoms with Crippen molar-refractivity contribution in [2.24, 2.45) is 0 Å². The van der Waals surface area contributed by atoms with Crippen LogP contribution in [0.3, 0.4) is 0 Å². The van der Waals surface area contributed by atoms with Crippen molar-refractivity contribution in [1.29, 1.82) is 0 Å². The summed E-state index contributed by atoms with van der Waals surface area (Å²) in [7, 11) is -3.90. The van der Waals surface area contributed by atoms with E-state index in [1.165, 1.54) is 18.2 Å². The molecule has 9 heteroatoms. The molecule has 0 aliphatic carbocycles. The van der Waals surface area contributed by atoms with Crippen LogP contribution < -0.4 is 9.60 Å². The van der Waals surface area contributed by atoms with Gasteiger partial charge >= 0.3 is 4.87 Å². The van der Waals surface area contributed by atoms with Crippen molar-refractivity contribution in [1.82, 2.24) is 4.57 Å². The molecule has 0 amide bonds. The first-order chi connectivity index (χ1) is 11.7. The largest absolute Gasteiger partial charge is 0.308 e. The first kappa shape index (κ1) is 18.3. The fourth-order valence-electron chi connectivity index (χ4n) is 2.48. The van der Waals surface area contributed by atoms with Gasteiger partial charge in [-0.3, -0.25) is 14.1 Å². The molecule has 0 bridgehead atoms. The summed E-state index contributed by atoms with van der Waals surface area (Å²) in [6.45, 7) is 3.84. The van der Waals surface area contributed by atoms with E-state index < -0.39 is 10.0 Å². The first-order valence-corrected chi connectivity index (χ1v) is 10.4. The zero-order valence-corrected chi connectivity index (χ0v) is 16.4. The van der Waals surface area contributed by atoms with Crippen LogP contribution in [0.15, 0.2) is 46.1 Å². The van der Waals surface area contributed by atoms with Crippen LogP contribution in [0.25, 0.3) is 10.2 Å². The van der Waals surface area contributed by atoms with Crippen LogP contribution in [0.1, 0.15) is 19.9 Å². The summed E-state index contributed by atoms with van der Waals surface area (Å²) >= 11 is 12.9. The van der Waals surface area contributed by atoms with E-state index in [-0.39, 0.29) is 25.9 Å². The van der Waals surface area contributed by atoms with Crippen molar-refractivity contribution in [3.05, 3.63) is 56.1 Å². The number of rotatable bonds is 4. The number of benzene rings is 2. The Kier molecular flexibility index (Phi) is 4.85. The summed E-state index contributed by atoms with van der Waals surface area (Å²) in [5.74, 6) is 0. The second-order valence-corrected chi connectivity index (χ2v) is 9.18. The molecular weight excluding hydrogens is 403 g/mol. The maximum atomic E-state index is 12.6. The maximum Gasteiger partial charge on any atom is 0.308 e. The fraction of sp³-hybridized carbons (Fsp3) is 0.188. The van der Waals surface area contributed by atoms with Crippen LogP contribution in [0, 0.1) is 0 Å². The van der Waals surface area contributed by atoms with Gasteiger partial charge in [-0.2, -0.15) is 0 Å². The summed E-state index contributed by atoms with van der Waals surface area (Å²) in [5.41, 5.74) is 1.12. The third kappa shape index (κ3) is 3.55. The van der Waals surface area contributed by atoms with Gasteiger partial charge in [0.25, 0.3) is 10.0 Å². The fourth-order valence-corrected chi connectivity index (χ4v) is 5.35. The zero-order valence-electron chi connectivity index (χ0n) is 13.3. The number of hydrogen-bond acceptors (Lipinski definition) is 4.